The van der Waals surface area contributed by atoms with Gasteiger partial charge in [0.25, 0.3) is 0 Å². The first-order valence-corrected chi connectivity index (χ1v) is 12.1. The second-order valence-corrected chi connectivity index (χ2v) is 9.41. The molecule has 0 aliphatic rings. The second-order valence-electron chi connectivity index (χ2n) is 8.49. The number of rotatable bonds is 6. The zero-order valence-corrected chi connectivity index (χ0v) is 20.4. The molecule has 5 heteroatoms. The van der Waals surface area contributed by atoms with E-state index in [4.69, 9.17) is 4.42 Å². The smallest absolute Gasteiger partial charge is 0.343 e. The lowest BCUT2D eigenvalue weighted by molar-refractivity contribution is 0.161. The Kier molecular flexibility index (Phi) is 6.53. The molecule has 35 heavy (non-hydrogen) atoms. The fraction of sp³-hybridized carbons (Fsp3) is 0.100. The first-order chi connectivity index (χ1) is 17.0. The maximum atomic E-state index is 13.0. The summed E-state index contributed by atoms with van der Waals surface area (Å²) in [6.45, 7) is 0. The molecule has 4 aromatic carbocycles. The van der Waals surface area contributed by atoms with Crippen molar-refractivity contribution in [2.75, 3.05) is 0 Å². The Morgan fingerprint density at radius 2 is 1.34 bits per heavy atom. The Morgan fingerprint density at radius 3 is 2.03 bits per heavy atom. The summed E-state index contributed by atoms with van der Waals surface area (Å²) < 4.78 is 6.55. The van der Waals surface area contributed by atoms with Crippen molar-refractivity contribution in [3.63, 3.8) is 0 Å². The zero-order chi connectivity index (χ0) is 24.4. The van der Waals surface area contributed by atoms with Gasteiger partial charge in [0.05, 0.1) is 17.1 Å². The van der Waals surface area contributed by atoms with E-state index >= 15 is 0 Å². The summed E-state index contributed by atoms with van der Waals surface area (Å²) in [5, 5.41) is 22.7. The van der Waals surface area contributed by atoms with Gasteiger partial charge in [-0.3, -0.25) is 0 Å². The topological polar surface area (TPSA) is 70.7 Å². The normalized spacial score (nSPS) is 13.0. The number of hydrogen-bond donors (Lipinski definition) is 2. The third kappa shape index (κ3) is 4.78. The molecule has 2 N–H and O–H groups in total. The van der Waals surface area contributed by atoms with Crippen LogP contribution in [0.25, 0.3) is 22.1 Å². The van der Waals surface area contributed by atoms with Crippen LogP contribution in [0.2, 0.25) is 0 Å². The maximum absolute atomic E-state index is 13.0. The molecule has 0 aliphatic heterocycles. The summed E-state index contributed by atoms with van der Waals surface area (Å²) in [6.07, 6.45) is -0.650. The average molecular weight is 527 g/mol. The monoisotopic (exact) mass is 526 g/mol. The Morgan fingerprint density at radius 1 is 0.743 bits per heavy atom. The molecule has 0 saturated heterocycles. The third-order valence-corrected chi connectivity index (χ3v) is 6.83. The summed E-state index contributed by atoms with van der Waals surface area (Å²) >= 11 is 3.45. The Bertz CT molecular complexity index is 1510. The fourth-order valence-corrected chi connectivity index (χ4v) is 4.72. The van der Waals surface area contributed by atoms with E-state index in [1.54, 1.807) is 24.3 Å². The first-order valence-electron chi connectivity index (χ1n) is 11.3. The van der Waals surface area contributed by atoms with Gasteiger partial charge in [-0.05, 0) is 52.9 Å². The lowest BCUT2D eigenvalue weighted by Gasteiger charge is -2.22. The molecule has 1 aromatic heterocycles. The van der Waals surface area contributed by atoms with E-state index in [1.807, 2.05) is 78.9 Å². The van der Waals surface area contributed by atoms with Gasteiger partial charge in [-0.2, -0.15) is 0 Å². The van der Waals surface area contributed by atoms with Crippen molar-refractivity contribution < 1.29 is 14.6 Å². The Balaban J connectivity index is 1.50. The van der Waals surface area contributed by atoms with Crippen LogP contribution < -0.4 is 5.63 Å². The number of aliphatic hydroxyl groups excluding tert-OH is 1. The number of para-hydroxylation sites is 1. The van der Waals surface area contributed by atoms with Crippen molar-refractivity contribution in [2.45, 2.75) is 18.4 Å². The quantitative estimate of drug-likeness (QED) is 0.230. The predicted molar refractivity (Wildman–Crippen MR) is 142 cm³/mol. The molecule has 2 atom stereocenters. The summed E-state index contributed by atoms with van der Waals surface area (Å²) in [5.74, 6) is -0.665. The molecule has 0 fully saturated rings. The molecule has 0 aliphatic carbocycles. The van der Waals surface area contributed by atoms with E-state index in [9.17, 15) is 15.0 Å². The molecular formula is C30H23BrO4. The molecule has 1 heterocycles. The lowest BCUT2D eigenvalue weighted by Crippen LogP contribution is -2.17. The van der Waals surface area contributed by atoms with Crippen molar-refractivity contribution in [2.24, 2.45) is 0 Å². The van der Waals surface area contributed by atoms with Crippen LogP contribution in [0.4, 0.5) is 0 Å². The van der Waals surface area contributed by atoms with Crippen LogP contribution in [-0.4, -0.2) is 10.2 Å². The molecule has 0 radical (unpaired) electrons. The van der Waals surface area contributed by atoms with Crippen LogP contribution in [0.15, 0.2) is 117 Å². The van der Waals surface area contributed by atoms with E-state index in [2.05, 4.69) is 15.9 Å². The van der Waals surface area contributed by atoms with E-state index in [0.717, 1.165) is 26.7 Å². The van der Waals surface area contributed by atoms with Gasteiger partial charge in [0.15, 0.2) is 0 Å². The van der Waals surface area contributed by atoms with Crippen LogP contribution in [0.5, 0.6) is 5.75 Å². The number of fused-ring (bicyclic) bond motifs is 1. The molecule has 0 bridgehead atoms. The van der Waals surface area contributed by atoms with Crippen molar-refractivity contribution in [1.82, 2.24) is 0 Å². The highest BCUT2D eigenvalue weighted by molar-refractivity contribution is 9.10. The minimum Gasteiger partial charge on any atom is -0.507 e. The van der Waals surface area contributed by atoms with Crippen molar-refractivity contribution in [3.8, 4) is 16.9 Å². The molecular weight excluding hydrogens is 504 g/mol. The molecule has 0 spiro atoms. The first kappa shape index (κ1) is 23.1. The summed E-state index contributed by atoms with van der Waals surface area (Å²) in [7, 11) is 0. The minimum absolute atomic E-state index is 0.108. The van der Waals surface area contributed by atoms with Gasteiger partial charge in [0, 0.05) is 10.4 Å². The predicted octanol–water partition coefficient (Wildman–Crippen LogP) is 7.18. The van der Waals surface area contributed by atoms with Gasteiger partial charge in [0.2, 0.25) is 0 Å². The largest absolute Gasteiger partial charge is 0.507 e. The van der Waals surface area contributed by atoms with Crippen molar-refractivity contribution in [1.29, 1.82) is 0 Å². The fourth-order valence-electron chi connectivity index (χ4n) is 4.46. The molecule has 0 unspecified atom stereocenters. The maximum Gasteiger partial charge on any atom is 0.343 e. The number of aromatic hydroxyl groups is 1. The van der Waals surface area contributed by atoms with Gasteiger partial charge in [0.1, 0.15) is 11.3 Å². The molecule has 5 aromatic rings. The number of benzene rings is 4. The van der Waals surface area contributed by atoms with Crippen LogP contribution in [0.1, 0.15) is 35.1 Å². The van der Waals surface area contributed by atoms with Gasteiger partial charge in [-0.25, -0.2) is 4.79 Å². The third-order valence-electron chi connectivity index (χ3n) is 6.30. The number of hydrogen-bond acceptors (Lipinski definition) is 4. The van der Waals surface area contributed by atoms with E-state index in [0.29, 0.717) is 11.0 Å². The van der Waals surface area contributed by atoms with Crippen LogP contribution in [0, 0.1) is 0 Å². The second kappa shape index (κ2) is 9.90. The zero-order valence-electron chi connectivity index (χ0n) is 18.8. The molecule has 0 amide bonds. The molecule has 0 saturated carbocycles. The van der Waals surface area contributed by atoms with Gasteiger partial charge in [-0.15, -0.1) is 0 Å². The number of aliphatic hydroxyl groups is 1. The highest BCUT2D eigenvalue weighted by atomic mass is 79.9. The lowest BCUT2D eigenvalue weighted by atomic mass is 9.84. The Labute approximate surface area is 211 Å². The molecule has 5 rings (SSSR count). The summed E-state index contributed by atoms with van der Waals surface area (Å²) in [4.78, 5) is 13.0. The summed E-state index contributed by atoms with van der Waals surface area (Å²) in [5.41, 5.74) is 3.55. The van der Waals surface area contributed by atoms with E-state index in [-0.39, 0.29) is 17.7 Å². The average Bonchev–Trinajstić information content (AvgIpc) is 2.89. The highest BCUT2D eigenvalue weighted by Gasteiger charge is 2.27. The van der Waals surface area contributed by atoms with E-state index in [1.165, 1.54) is 0 Å². The number of halogens is 1. The van der Waals surface area contributed by atoms with Gasteiger partial charge < -0.3 is 14.6 Å². The molecule has 4 nitrogen and oxygen atoms in total. The highest BCUT2D eigenvalue weighted by Crippen LogP contribution is 2.39. The molecule has 174 valence electrons. The standard InChI is InChI=1S/C30H23BrO4/c31-23-16-14-20(15-17-23)19-10-12-22(13-11-19)26(32)18-25(21-6-2-1-3-7-21)28-29(33)24-8-4-5-9-27(24)35-30(28)34/h1-17,25-26,32-33H,18H2/t25-,26+/m0/s1. The van der Waals surface area contributed by atoms with Gasteiger partial charge >= 0.3 is 5.63 Å². The SMILES string of the molecule is O=c1oc2ccccc2c(O)c1[C@@H](C[C@@H](O)c1ccc(-c2ccc(Br)cc2)cc1)c1ccccc1. The van der Waals surface area contributed by atoms with Crippen LogP contribution in [-0.2, 0) is 0 Å². The van der Waals surface area contributed by atoms with Crippen LogP contribution >= 0.6 is 15.9 Å². The van der Waals surface area contributed by atoms with E-state index < -0.39 is 17.6 Å². The van der Waals surface area contributed by atoms with Crippen molar-refractivity contribution >= 4 is 26.9 Å². The van der Waals surface area contributed by atoms with Crippen molar-refractivity contribution in [3.05, 3.63) is 135 Å². The van der Waals surface area contributed by atoms with Crippen LogP contribution in [0.3, 0.4) is 0 Å². The Hall–Kier alpha value is -3.67. The summed E-state index contributed by atoms with van der Waals surface area (Å²) in [6, 6.07) is 32.1. The minimum atomic E-state index is -0.857. The van der Waals surface area contributed by atoms with Gasteiger partial charge in [-0.1, -0.05) is 94.8 Å².